The topological polar surface area (TPSA) is 65.8 Å². The number of nitrogens with zero attached hydrogens (tertiary/aromatic N) is 3. The molecule has 0 spiro atoms. The Morgan fingerprint density at radius 2 is 1.71 bits per heavy atom. The fraction of sp³-hybridized carbons (Fsp3) is 0.333. The molecule has 0 aliphatic carbocycles. The fourth-order valence-corrected chi connectivity index (χ4v) is 4.39. The summed E-state index contributed by atoms with van der Waals surface area (Å²) in [4.78, 5) is 19.3. The van der Waals surface area contributed by atoms with Crippen molar-refractivity contribution < 1.29 is 19.0 Å². The van der Waals surface area contributed by atoms with Crippen LogP contribution in [0.15, 0.2) is 60.9 Å². The Morgan fingerprint density at radius 1 is 1.03 bits per heavy atom. The van der Waals surface area contributed by atoms with E-state index >= 15 is 0 Å². The van der Waals surface area contributed by atoms with E-state index in [1.807, 2.05) is 47.6 Å². The second kappa shape index (κ2) is 10.9. The van der Waals surface area contributed by atoms with Crippen molar-refractivity contribution >= 4 is 12.0 Å². The first-order valence-corrected chi connectivity index (χ1v) is 11.5. The first kappa shape index (κ1) is 23.4. The monoisotopic (exact) mass is 461 g/mol. The van der Waals surface area contributed by atoms with E-state index in [1.54, 1.807) is 33.5 Å². The number of piperidine rings is 1. The molecular weight excluding hydrogens is 430 g/mol. The number of carbonyl (C=O) groups is 1. The Balaban J connectivity index is 1.35. The van der Waals surface area contributed by atoms with Gasteiger partial charge in [-0.15, -0.1) is 0 Å². The Hall–Kier alpha value is -3.74. The lowest BCUT2D eigenvalue weighted by Crippen LogP contribution is -2.38. The van der Waals surface area contributed by atoms with Crippen molar-refractivity contribution in [3.05, 3.63) is 66.5 Å². The molecule has 0 atom stereocenters. The van der Waals surface area contributed by atoms with Gasteiger partial charge in [-0.25, -0.2) is 4.98 Å². The highest BCUT2D eigenvalue weighted by molar-refractivity contribution is 5.92. The van der Waals surface area contributed by atoms with Gasteiger partial charge in [0.2, 0.25) is 11.7 Å². The zero-order valence-electron chi connectivity index (χ0n) is 19.9. The maximum Gasteiger partial charge on any atom is 0.246 e. The molecule has 0 radical (unpaired) electrons. The van der Waals surface area contributed by atoms with Gasteiger partial charge in [0.05, 0.1) is 21.3 Å². The normalized spacial score (nSPS) is 14.4. The second-order valence-electron chi connectivity index (χ2n) is 8.33. The summed E-state index contributed by atoms with van der Waals surface area (Å²) in [5.74, 6) is 3.17. The van der Waals surface area contributed by atoms with Crippen LogP contribution in [0.4, 0.5) is 0 Å². The summed E-state index contributed by atoms with van der Waals surface area (Å²) in [6.45, 7) is 2.41. The number of carbonyl (C=O) groups excluding carboxylic acids is 1. The summed E-state index contributed by atoms with van der Waals surface area (Å²) in [6, 6.07) is 13.9. The maximum atomic E-state index is 12.8. The van der Waals surface area contributed by atoms with Crippen LogP contribution >= 0.6 is 0 Å². The van der Waals surface area contributed by atoms with Gasteiger partial charge in [-0.1, -0.05) is 30.3 Å². The average Bonchev–Trinajstić information content (AvgIpc) is 3.35. The van der Waals surface area contributed by atoms with Crippen LogP contribution in [0.25, 0.3) is 17.5 Å². The standard InChI is InChI=1S/C27H31N3O4/c1-32-23-17-21(18-24(33-2)26(23)34-3)9-10-25(31)29-14-11-20(12-15-29)19-30-16-13-28-27(30)22-7-5-4-6-8-22/h4-10,13,16-18,20H,11-12,14-15,19H2,1-3H3/b10-9+. The third-order valence-electron chi connectivity index (χ3n) is 6.23. The molecule has 1 aliphatic rings. The third-order valence-corrected chi connectivity index (χ3v) is 6.23. The zero-order chi connectivity index (χ0) is 23.9. The molecule has 1 amide bonds. The van der Waals surface area contributed by atoms with E-state index in [2.05, 4.69) is 21.7 Å². The van der Waals surface area contributed by atoms with Gasteiger partial charge < -0.3 is 23.7 Å². The highest BCUT2D eigenvalue weighted by Crippen LogP contribution is 2.38. The lowest BCUT2D eigenvalue weighted by molar-refractivity contribution is -0.127. The first-order chi connectivity index (χ1) is 16.6. The van der Waals surface area contributed by atoms with Crippen LogP contribution < -0.4 is 14.2 Å². The van der Waals surface area contributed by atoms with Crippen LogP contribution in [-0.4, -0.2) is 54.8 Å². The molecule has 0 unspecified atom stereocenters. The van der Waals surface area contributed by atoms with E-state index in [4.69, 9.17) is 14.2 Å². The van der Waals surface area contributed by atoms with Gasteiger partial charge >= 0.3 is 0 Å². The van der Waals surface area contributed by atoms with E-state index in [-0.39, 0.29) is 5.91 Å². The van der Waals surface area contributed by atoms with Crippen LogP contribution in [0.5, 0.6) is 17.2 Å². The predicted octanol–water partition coefficient (Wildman–Crippen LogP) is 4.53. The lowest BCUT2D eigenvalue weighted by Gasteiger charge is -2.31. The molecule has 1 aromatic heterocycles. The van der Waals surface area contributed by atoms with Crippen molar-refractivity contribution in [3.8, 4) is 28.6 Å². The van der Waals surface area contributed by atoms with E-state index < -0.39 is 0 Å². The largest absolute Gasteiger partial charge is 0.493 e. The number of imidazole rings is 1. The molecular formula is C27H31N3O4. The highest BCUT2D eigenvalue weighted by Gasteiger charge is 2.23. The summed E-state index contributed by atoms with van der Waals surface area (Å²) in [5, 5.41) is 0. The van der Waals surface area contributed by atoms with Crippen LogP contribution in [0.2, 0.25) is 0 Å². The number of rotatable bonds is 8. The molecule has 3 aromatic rings. The molecule has 7 nitrogen and oxygen atoms in total. The molecule has 1 fully saturated rings. The fourth-order valence-electron chi connectivity index (χ4n) is 4.39. The van der Waals surface area contributed by atoms with Gasteiger partial charge in [0.15, 0.2) is 11.5 Å². The van der Waals surface area contributed by atoms with Gasteiger partial charge in [-0.2, -0.15) is 0 Å². The number of methoxy groups -OCH3 is 3. The molecule has 0 N–H and O–H groups in total. The molecule has 0 bridgehead atoms. The molecule has 1 aliphatic heterocycles. The van der Waals surface area contributed by atoms with Crippen LogP contribution in [0.3, 0.4) is 0 Å². The van der Waals surface area contributed by atoms with Gasteiger partial charge in [0.25, 0.3) is 0 Å². The van der Waals surface area contributed by atoms with Crippen molar-refractivity contribution in [2.45, 2.75) is 19.4 Å². The number of hydrogen-bond acceptors (Lipinski definition) is 5. The molecule has 0 saturated carbocycles. The molecule has 178 valence electrons. The van der Waals surface area contributed by atoms with Crippen molar-refractivity contribution in [1.82, 2.24) is 14.5 Å². The van der Waals surface area contributed by atoms with Gasteiger partial charge in [0.1, 0.15) is 5.82 Å². The molecule has 2 aromatic carbocycles. The van der Waals surface area contributed by atoms with Crippen LogP contribution in [-0.2, 0) is 11.3 Å². The molecule has 2 heterocycles. The number of aromatic nitrogens is 2. The van der Waals surface area contributed by atoms with Crippen LogP contribution in [0, 0.1) is 5.92 Å². The predicted molar refractivity (Wildman–Crippen MR) is 132 cm³/mol. The zero-order valence-corrected chi connectivity index (χ0v) is 19.9. The molecule has 7 heteroatoms. The summed E-state index contributed by atoms with van der Waals surface area (Å²) < 4.78 is 18.4. The third kappa shape index (κ3) is 5.25. The van der Waals surface area contributed by atoms with Crippen molar-refractivity contribution in [2.24, 2.45) is 5.92 Å². The molecule has 34 heavy (non-hydrogen) atoms. The van der Waals surface area contributed by atoms with Crippen molar-refractivity contribution in [2.75, 3.05) is 34.4 Å². The number of ether oxygens (including phenoxy) is 3. The average molecular weight is 462 g/mol. The smallest absolute Gasteiger partial charge is 0.246 e. The Bertz CT molecular complexity index is 1110. The Morgan fingerprint density at radius 3 is 2.32 bits per heavy atom. The summed E-state index contributed by atoms with van der Waals surface area (Å²) in [5.41, 5.74) is 1.93. The second-order valence-corrected chi connectivity index (χ2v) is 8.33. The van der Waals surface area contributed by atoms with Crippen LogP contribution in [0.1, 0.15) is 18.4 Å². The van der Waals surface area contributed by atoms with E-state index in [1.165, 1.54) is 0 Å². The lowest BCUT2D eigenvalue weighted by atomic mass is 9.96. The minimum absolute atomic E-state index is 0.0137. The molecule has 1 saturated heterocycles. The quantitative estimate of drug-likeness (QED) is 0.461. The summed E-state index contributed by atoms with van der Waals surface area (Å²) in [6.07, 6.45) is 9.24. The molecule has 4 rings (SSSR count). The highest BCUT2D eigenvalue weighted by atomic mass is 16.5. The van der Waals surface area contributed by atoms with E-state index in [0.717, 1.165) is 49.4 Å². The summed E-state index contributed by atoms with van der Waals surface area (Å²) >= 11 is 0. The van der Waals surface area contributed by atoms with Crippen molar-refractivity contribution in [1.29, 1.82) is 0 Å². The number of hydrogen-bond donors (Lipinski definition) is 0. The first-order valence-electron chi connectivity index (χ1n) is 11.5. The minimum atomic E-state index is 0.0137. The van der Waals surface area contributed by atoms with Gasteiger partial charge in [-0.3, -0.25) is 4.79 Å². The summed E-state index contributed by atoms with van der Waals surface area (Å²) in [7, 11) is 4.72. The SMILES string of the molecule is COc1cc(/C=C/C(=O)N2CCC(Cn3ccnc3-c3ccccc3)CC2)cc(OC)c1OC. The van der Waals surface area contributed by atoms with Gasteiger partial charge in [0, 0.05) is 43.7 Å². The number of benzene rings is 2. The number of amides is 1. The van der Waals surface area contributed by atoms with Crippen molar-refractivity contribution in [3.63, 3.8) is 0 Å². The Kier molecular flexibility index (Phi) is 7.52. The van der Waals surface area contributed by atoms with E-state index in [0.29, 0.717) is 23.2 Å². The van der Waals surface area contributed by atoms with Gasteiger partial charge in [-0.05, 0) is 42.5 Å². The minimum Gasteiger partial charge on any atom is -0.493 e. The Labute approximate surface area is 200 Å². The maximum absolute atomic E-state index is 12.8. The van der Waals surface area contributed by atoms with E-state index in [9.17, 15) is 4.79 Å². The number of likely N-dealkylation sites (tertiary alicyclic amines) is 1.